The zero-order chi connectivity index (χ0) is 11.3. The molecule has 0 aliphatic rings. The summed E-state index contributed by atoms with van der Waals surface area (Å²) >= 11 is 2.75. The fourth-order valence-corrected chi connectivity index (χ4v) is 2.71. The zero-order valence-electron chi connectivity index (χ0n) is 8.11. The monoisotopic (exact) mass is 242 g/mol. The van der Waals surface area contributed by atoms with Crippen LogP contribution in [0.25, 0.3) is 0 Å². The number of nitrogens with two attached hydrogens (primary N) is 1. The van der Waals surface area contributed by atoms with Gasteiger partial charge in [0.25, 0.3) is 0 Å². The van der Waals surface area contributed by atoms with E-state index >= 15 is 0 Å². The molecule has 0 saturated heterocycles. The predicted octanol–water partition coefficient (Wildman–Crippen LogP) is 0.766. The van der Waals surface area contributed by atoms with Gasteiger partial charge in [-0.1, -0.05) is 11.3 Å². The van der Waals surface area contributed by atoms with Crippen LogP contribution < -0.4 is 11.1 Å². The number of hydrogen-bond donors (Lipinski definition) is 2. The summed E-state index contributed by atoms with van der Waals surface area (Å²) in [6.07, 6.45) is 0. The Balaban J connectivity index is 2.40. The third kappa shape index (κ3) is 3.77. The van der Waals surface area contributed by atoms with Crippen molar-refractivity contribution >= 4 is 34.1 Å². The van der Waals surface area contributed by atoms with Crippen LogP contribution in [0.3, 0.4) is 0 Å². The summed E-state index contributed by atoms with van der Waals surface area (Å²) in [7, 11) is 0. The molecule has 1 amide bonds. The molecule has 0 fully saturated rings. The van der Waals surface area contributed by atoms with Crippen molar-refractivity contribution in [1.82, 2.24) is 10.3 Å². The lowest BCUT2D eigenvalue weighted by atomic mass is 10.6. The summed E-state index contributed by atoms with van der Waals surface area (Å²) in [5.41, 5.74) is 6.36. The second-order valence-corrected chi connectivity index (χ2v) is 4.92. The number of carbonyl (C=O) groups excluding carboxylic acids is 1. The standard InChI is InChI=1S/C8H10N4OS2/c1-5-7(15-8(10)12-5)14-4-6(13)11-3-2-9/h3-4H2,1H3,(H2,10,12)(H,11,13). The van der Waals surface area contributed by atoms with Gasteiger partial charge in [-0.25, -0.2) is 4.98 Å². The minimum absolute atomic E-state index is 0.0448. The van der Waals surface area contributed by atoms with Gasteiger partial charge in [-0.2, -0.15) is 5.26 Å². The van der Waals surface area contributed by atoms with Crippen LogP contribution >= 0.6 is 23.1 Å². The highest BCUT2D eigenvalue weighted by atomic mass is 32.2. The Kier molecular flexibility index (Phi) is 4.39. The second-order valence-electron chi connectivity index (χ2n) is 2.65. The fraction of sp³-hybridized carbons (Fsp3) is 0.375. The molecule has 0 aliphatic heterocycles. The van der Waals surface area contributed by atoms with Gasteiger partial charge in [0.15, 0.2) is 5.13 Å². The molecule has 0 unspecified atom stereocenters. The minimum Gasteiger partial charge on any atom is -0.375 e. The van der Waals surface area contributed by atoms with Gasteiger partial charge in [0.2, 0.25) is 5.91 Å². The molecule has 7 heteroatoms. The maximum atomic E-state index is 11.2. The van der Waals surface area contributed by atoms with Gasteiger partial charge >= 0.3 is 0 Å². The van der Waals surface area contributed by atoms with Gasteiger partial charge in [-0.3, -0.25) is 4.79 Å². The number of rotatable bonds is 4. The number of aromatic nitrogens is 1. The lowest BCUT2D eigenvalue weighted by Gasteiger charge is -1.99. The summed E-state index contributed by atoms with van der Waals surface area (Å²) < 4.78 is 0.944. The Morgan fingerprint density at radius 3 is 3.07 bits per heavy atom. The van der Waals surface area contributed by atoms with E-state index in [-0.39, 0.29) is 18.2 Å². The van der Waals surface area contributed by atoms with E-state index in [9.17, 15) is 4.79 Å². The van der Waals surface area contributed by atoms with Crippen LogP contribution in [-0.4, -0.2) is 23.2 Å². The van der Waals surface area contributed by atoms with Crippen LogP contribution in [0.4, 0.5) is 5.13 Å². The van der Waals surface area contributed by atoms with Gasteiger partial charge in [0, 0.05) is 0 Å². The Morgan fingerprint density at radius 2 is 2.53 bits per heavy atom. The van der Waals surface area contributed by atoms with Crippen LogP contribution in [-0.2, 0) is 4.79 Å². The van der Waals surface area contributed by atoms with Crippen molar-refractivity contribution < 1.29 is 4.79 Å². The largest absolute Gasteiger partial charge is 0.375 e. The van der Waals surface area contributed by atoms with Crippen molar-refractivity contribution in [3.8, 4) is 6.07 Å². The number of anilines is 1. The molecule has 1 aromatic rings. The van der Waals surface area contributed by atoms with Gasteiger partial charge in [-0.05, 0) is 6.92 Å². The first kappa shape index (κ1) is 11.8. The lowest BCUT2D eigenvalue weighted by molar-refractivity contribution is -0.118. The molecule has 1 aromatic heterocycles. The summed E-state index contributed by atoms with van der Waals surface area (Å²) in [6, 6.07) is 1.84. The predicted molar refractivity (Wildman–Crippen MR) is 60.6 cm³/mol. The smallest absolute Gasteiger partial charge is 0.231 e. The van der Waals surface area contributed by atoms with Crippen molar-refractivity contribution in [2.24, 2.45) is 0 Å². The van der Waals surface area contributed by atoms with E-state index in [1.807, 2.05) is 13.0 Å². The van der Waals surface area contributed by atoms with Gasteiger partial charge in [0.1, 0.15) is 6.54 Å². The minimum atomic E-state index is -0.159. The first-order valence-electron chi connectivity index (χ1n) is 4.13. The molecule has 1 rings (SSSR count). The number of nitrogens with one attached hydrogen (secondary N) is 1. The van der Waals surface area contributed by atoms with Crippen LogP contribution in [0.1, 0.15) is 5.69 Å². The van der Waals surface area contributed by atoms with E-state index in [1.54, 1.807) is 0 Å². The highest BCUT2D eigenvalue weighted by molar-refractivity contribution is 8.01. The second kappa shape index (κ2) is 5.58. The number of aryl methyl sites for hydroxylation is 1. The molecule has 1 heterocycles. The summed E-state index contributed by atoms with van der Waals surface area (Å²) in [6.45, 7) is 1.89. The highest BCUT2D eigenvalue weighted by Gasteiger charge is 2.08. The van der Waals surface area contributed by atoms with Crippen LogP contribution in [0.2, 0.25) is 0 Å². The number of nitrogen functional groups attached to an aromatic ring is 1. The molecular formula is C8H10N4OS2. The summed E-state index contributed by atoms with van der Waals surface area (Å²) in [4.78, 5) is 15.2. The van der Waals surface area contributed by atoms with Crippen molar-refractivity contribution in [1.29, 1.82) is 5.26 Å². The molecule has 5 nitrogen and oxygen atoms in total. The number of hydrogen-bond acceptors (Lipinski definition) is 6. The normalized spacial score (nSPS) is 9.60. The van der Waals surface area contributed by atoms with E-state index in [0.717, 1.165) is 9.90 Å². The van der Waals surface area contributed by atoms with E-state index in [0.29, 0.717) is 5.13 Å². The van der Waals surface area contributed by atoms with Crippen molar-refractivity contribution in [3.05, 3.63) is 5.69 Å². The number of carbonyl (C=O) groups is 1. The first-order chi connectivity index (χ1) is 7.13. The molecule has 0 bridgehead atoms. The van der Waals surface area contributed by atoms with Gasteiger partial charge < -0.3 is 11.1 Å². The van der Waals surface area contributed by atoms with Crippen LogP contribution in [0, 0.1) is 18.3 Å². The molecular weight excluding hydrogens is 232 g/mol. The average molecular weight is 242 g/mol. The van der Waals surface area contributed by atoms with Crippen molar-refractivity contribution in [3.63, 3.8) is 0 Å². The van der Waals surface area contributed by atoms with Crippen LogP contribution in [0.5, 0.6) is 0 Å². The topological polar surface area (TPSA) is 91.8 Å². The SMILES string of the molecule is Cc1nc(N)sc1SCC(=O)NCC#N. The summed E-state index contributed by atoms with van der Waals surface area (Å²) in [5, 5.41) is 11.2. The Labute approximate surface area is 95.7 Å². The number of thioether (sulfide) groups is 1. The molecule has 0 saturated carbocycles. The molecule has 15 heavy (non-hydrogen) atoms. The average Bonchev–Trinajstić information content (AvgIpc) is 2.51. The molecule has 0 aliphatic carbocycles. The van der Waals surface area contributed by atoms with E-state index in [4.69, 9.17) is 11.0 Å². The molecule has 80 valence electrons. The lowest BCUT2D eigenvalue weighted by Crippen LogP contribution is -2.25. The number of nitriles is 1. The van der Waals surface area contributed by atoms with E-state index in [1.165, 1.54) is 23.1 Å². The van der Waals surface area contributed by atoms with Crippen molar-refractivity contribution in [2.45, 2.75) is 11.1 Å². The zero-order valence-corrected chi connectivity index (χ0v) is 9.74. The quantitative estimate of drug-likeness (QED) is 0.601. The maximum Gasteiger partial charge on any atom is 0.231 e. The maximum absolute atomic E-state index is 11.2. The molecule has 0 aromatic carbocycles. The van der Waals surface area contributed by atoms with E-state index in [2.05, 4.69) is 10.3 Å². The molecule has 3 N–H and O–H groups in total. The molecule has 0 spiro atoms. The Morgan fingerprint density at radius 1 is 1.80 bits per heavy atom. The Bertz CT molecular complexity index is 396. The number of amides is 1. The number of nitrogens with zero attached hydrogens (tertiary/aromatic N) is 2. The highest BCUT2D eigenvalue weighted by Crippen LogP contribution is 2.30. The Hall–Kier alpha value is -1.26. The van der Waals surface area contributed by atoms with Crippen LogP contribution in [0.15, 0.2) is 4.21 Å². The third-order valence-electron chi connectivity index (χ3n) is 1.47. The third-order valence-corrected chi connectivity index (χ3v) is 3.82. The molecule has 0 radical (unpaired) electrons. The summed E-state index contributed by atoms with van der Waals surface area (Å²) in [5.74, 6) is 0.123. The van der Waals surface area contributed by atoms with Crippen molar-refractivity contribution in [2.75, 3.05) is 18.0 Å². The fourth-order valence-electron chi connectivity index (χ4n) is 0.857. The van der Waals surface area contributed by atoms with Gasteiger partial charge in [0.05, 0.1) is 21.7 Å². The van der Waals surface area contributed by atoms with Gasteiger partial charge in [-0.15, -0.1) is 11.8 Å². The first-order valence-corrected chi connectivity index (χ1v) is 5.93. The number of thiazole rings is 1. The van der Waals surface area contributed by atoms with E-state index < -0.39 is 0 Å². The molecule has 0 atom stereocenters.